The summed E-state index contributed by atoms with van der Waals surface area (Å²) in [5.41, 5.74) is 2.93. The largest absolute Gasteiger partial charge is 0.491 e. The topological polar surface area (TPSA) is 51.7 Å². The molecule has 0 saturated heterocycles. The van der Waals surface area contributed by atoms with E-state index in [1.165, 1.54) is 6.07 Å². The van der Waals surface area contributed by atoms with Crippen molar-refractivity contribution in [1.29, 1.82) is 0 Å². The normalized spacial score (nSPS) is 15.4. The Morgan fingerprint density at radius 1 is 1.00 bits per heavy atom. The number of benzene rings is 3. The Kier molecular flexibility index (Phi) is 6.35. The van der Waals surface area contributed by atoms with Gasteiger partial charge in [0.1, 0.15) is 29.5 Å². The van der Waals surface area contributed by atoms with Crippen LogP contribution in [0.4, 0.5) is 4.39 Å². The first kappa shape index (κ1) is 23.8. The molecule has 5 rings (SSSR count). The van der Waals surface area contributed by atoms with Crippen LogP contribution in [0, 0.1) is 5.82 Å². The number of amides is 1. The number of ether oxygens (including phenoxy) is 2. The zero-order valence-electron chi connectivity index (χ0n) is 20.7. The number of aromatic nitrogens is 1. The van der Waals surface area contributed by atoms with E-state index in [0.717, 1.165) is 27.8 Å². The highest BCUT2D eigenvalue weighted by molar-refractivity contribution is 6.06. The first-order valence-corrected chi connectivity index (χ1v) is 12.1. The molecule has 1 atom stereocenters. The Morgan fingerprint density at radius 2 is 1.75 bits per heavy atom. The highest BCUT2D eigenvalue weighted by Crippen LogP contribution is 2.29. The molecule has 2 heterocycles. The minimum absolute atomic E-state index is 0.0916. The van der Waals surface area contributed by atoms with Crippen LogP contribution in [-0.2, 0) is 13.0 Å². The molecule has 0 aliphatic carbocycles. The summed E-state index contributed by atoms with van der Waals surface area (Å²) in [7, 11) is 0. The van der Waals surface area contributed by atoms with Crippen molar-refractivity contribution < 1.29 is 18.7 Å². The summed E-state index contributed by atoms with van der Waals surface area (Å²) >= 11 is 0. The van der Waals surface area contributed by atoms with Crippen LogP contribution in [0.3, 0.4) is 0 Å². The van der Waals surface area contributed by atoms with Gasteiger partial charge in [-0.2, -0.15) is 0 Å². The number of fused-ring (bicyclic) bond motifs is 2. The van der Waals surface area contributed by atoms with Gasteiger partial charge in [0, 0.05) is 18.1 Å². The Morgan fingerprint density at radius 3 is 2.53 bits per heavy atom. The first-order chi connectivity index (χ1) is 17.3. The molecule has 0 bridgehead atoms. The number of hydrogen-bond donors (Lipinski definition) is 0. The number of rotatable bonds is 5. The molecular weight excluding hydrogens is 455 g/mol. The maximum Gasteiger partial charge on any atom is 0.255 e. The second-order valence-corrected chi connectivity index (χ2v) is 10.1. The fourth-order valence-electron chi connectivity index (χ4n) is 4.59. The lowest BCUT2D eigenvalue weighted by atomic mass is 9.93. The average Bonchev–Trinajstić information content (AvgIpc) is 2.86. The molecule has 5 nitrogen and oxygen atoms in total. The van der Waals surface area contributed by atoms with Crippen LogP contribution < -0.4 is 9.47 Å². The van der Waals surface area contributed by atoms with E-state index < -0.39 is 0 Å². The van der Waals surface area contributed by atoms with Crippen molar-refractivity contribution in [3.63, 3.8) is 0 Å². The van der Waals surface area contributed by atoms with E-state index in [1.807, 2.05) is 74.2 Å². The quantitative estimate of drug-likeness (QED) is 0.339. The number of nitrogens with zero attached hydrogens (tertiary/aromatic N) is 2. The monoisotopic (exact) mass is 484 g/mol. The van der Waals surface area contributed by atoms with E-state index in [9.17, 15) is 9.18 Å². The van der Waals surface area contributed by atoms with Crippen molar-refractivity contribution in [2.24, 2.45) is 0 Å². The predicted molar refractivity (Wildman–Crippen MR) is 138 cm³/mol. The minimum Gasteiger partial charge on any atom is -0.491 e. The average molecular weight is 485 g/mol. The highest BCUT2D eigenvalue weighted by Gasteiger charge is 2.32. The maximum absolute atomic E-state index is 14.0. The summed E-state index contributed by atoms with van der Waals surface area (Å²) in [5, 5.41) is 0.809. The molecule has 3 aromatic carbocycles. The van der Waals surface area contributed by atoms with Crippen LogP contribution in [-0.4, -0.2) is 34.0 Å². The van der Waals surface area contributed by atoms with Crippen LogP contribution in [0.2, 0.25) is 0 Å². The number of carbonyl (C=O) groups excluding carboxylic acids is 1. The summed E-state index contributed by atoms with van der Waals surface area (Å²) in [5.74, 6) is 1.08. The molecule has 1 aliphatic heterocycles. The van der Waals surface area contributed by atoms with Crippen LogP contribution in [0.5, 0.6) is 11.5 Å². The molecule has 0 fully saturated rings. The standard InChI is InChI=1S/C30H29FN2O3/c1-30(2,3)36-25-12-10-24(11-13-25)35-19-23-17-21-16-22(31)9-8-20(21)18-33(23)29(34)27-14-15-32-28-7-5-4-6-26(27)28/h4-16,23H,17-19H2,1-3H3. The van der Waals surface area contributed by atoms with E-state index in [-0.39, 0.29) is 30.0 Å². The van der Waals surface area contributed by atoms with Gasteiger partial charge in [-0.05, 0) is 86.8 Å². The van der Waals surface area contributed by atoms with Gasteiger partial charge < -0.3 is 14.4 Å². The van der Waals surface area contributed by atoms with Crippen LogP contribution in [0.15, 0.2) is 79.0 Å². The summed E-state index contributed by atoms with van der Waals surface area (Å²) in [4.78, 5) is 20.1. The van der Waals surface area contributed by atoms with Gasteiger partial charge in [-0.15, -0.1) is 0 Å². The lowest BCUT2D eigenvalue weighted by molar-refractivity contribution is 0.0568. The third-order valence-electron chi connectivity index (χ3n) is 6.24. The predicted octanol–water partition coefficient (Wildman–Crippen LogP) is 6.20. The second kappa shape index (κ2) is 9.61. The van der Waals surface area contributed by atoms with Gasteiger partial charge in [0.25, 0.3) is 5.91 Å². The molecule has 36 heavy (non-hydrogen) atoms. The molecular formula is C30H29FN2O3. The third kappa shape index (κ3) is 5.18. The van der Waals surface area contributed by atoms with Gasteiger partial charge in [-0.25, -0.2) is 4.39 Å². The number of carbonyl (C=O) groups is 1. The lowest BCUT2D eigenvalue weighted by Gasteiger charge is -2.37. The molecule has 1 unspecified atom stereocenters. The minimum atomic E-state index is -0.287. The summed E-state index contributed by atoms with van der Waals surface area (Å²) < 4.78 is 26.0. The van der Waals surface area contributed by atoms with E-state index in [4.69, 9.17) is 9.47 Å². The summed E-state index contributed by atoms with van der Waals surface area (Å²) in [6.07, 6.45) is 2.17. The van der Waals surface area contributed by atoms with Crippen LogP contribution >= 0.6 is 0 Å². The highest BCUT2D eigenvalue weighted by atomic mass is 19.1. The van der Waals surface area contributed by atoms with E-state index in [1.54, 1.807) is 24.4 Å². The van der Waals surface area contributed by atoms with Crippen molar-refractivity contribution >= 4 is 16.8 Å². The van der Waals surface area contributed by atoms with E-state index >= 15 is 0 Å². The van der Waals surface area contributed by atoms with Gasteiger partial charge in [0.05, 0.1) is 17.1 Å². The number of pyridine rings is 1. The molecule has 1 amide bonds. The molecule has 0 N–H and O–H groups in total. The summed E-state index contributed by atoms with van der Waals surface area (Å²) in [6, 6.07) is 21.4. The van der Waals surface area contributed by atoms with E-state index in [2.05, 4.69) is 4.98 Å². The molecule has 1 aromatic heterocycles. The van der Waals surface area contributed by atoms with Gasteiger partial charge in [0.15, 0.2) is 0 Å². The van der Waals surface area contributed by atoms with Gasteiger partial charge >= 0.3 is 0 Å². The van der Waals surface area contributed by atoms with Crippen molar-refractivity contribution in [2.75, 3.05) is 6.61 Å². The molecule has 1 aliphatic rings. The Hall–Kier alpha value is -3.93. The zero-order valence-corrected chi connectivity index (χ0v) is 20.7. The molecule has 6 heteroatoms. The summed E-state index contributed by atoms with van der Waals surface area (Å²) in [6.45, 7) is 6.66. The van der Waals surface area contributed by atoms with Gasteiger partial charge in [-0.1, -0.05) is 24.3 Å². The number of para-hydroxylation sites is 1. The Labute approximate surface area is 210 Å². The Bertz CT molecular complexity index is 1390. The fourth-order valence-corrected chi connectivity index (χ4v) is 4.59. The van der Waals surface area contributed by atoms with Crippen molar-refractivity contribution in [2.45, 2.75) is 45.4 Å². The molecule has 184 valence electrons. The number of halogens is 1. The molecule has 0 radical (unpaired) electrons. The lowest BCUT2D eigenvalue weighted by Crippen LogP contribution is -2.47. The third-order valence-corrected chi connectivity index (χ3v) is 6.24. The van der Waals surface area contributed by atoms with Crippen molar-refractivity contribution in [3.05, 3.63) is 102 Å². The molecule has 4 aromatic rings. The van der Waals surface area contributed by atoms with Crippen molar-refractivity contribution in [3.8, 4) is 11.5 Å². The van der Waals surface area contributed by atoms with Gasteiger partial charge in [-0.3, -0.25) is 9.78 Å². The molecule has 0 spiro atoms. The fraction of sp³-hybridized carbons (Fsp3) is 0.267. The SMILES string of the molecule is CC(C)(C)Oc1ccc(OCC2Cc3cc(F)ccc3CN2C(=O)c2ccnc3ccccc23)cc1. The molecule has 0 saturated carbocycles. The second-order valence-electron chi connectivity index (χ2n) is 10.1. The van der Waals surface area contributed by atoms with Crippen LogP contribution in [0.25, 0.3) is 10.9 Å². The maximum atomic E-state index is 14.0. The van der Waals surface area contributed by atoms with Crippen molar-refractivity contribution in [1.82, 2.24) is 9.88 Å². The zero-order chi connectivity index (χ0) is 25.3. The van der Waals surface area contributed by atoms with Crippen LogP contribution in [0.1, 0.15) is 42.3 Å². The Balaban J connectivity index is 1.41. The van der Waals surface area contributed by atoms with Gasteiger partial charge in [0.2, 0.25) is 0 Å². The number of hydrogen-bond acceptors (Lipinski definition) is 4. The first-order valence-electron chi connectivity index (χ1n) is 12.1. The smallest absolute Gasteiger partial charge is 0.255 e. The van der Waals surface area contributed by atoms with E-state index in [0.29, 0.717) is 24.3 Å².